The van der Waals surface area contributed by atoms with Crippen LogP contribution in [0.5, 0.6) is 0 Å². The van der Waals surface area contributed by atoms with Gasteiger partial charge in [-0.05, 0) is 48.9 Å². The molecule has 0 unspecified atom stereocenters. The van der Waals surface area contributed by atoms with Crippen LogP contribution in [0.2, 0.25) is 0 Å². The molecule has 8 rings (SSSR count). The Balaban J connectivity index is 0.951. The average Bonchev–Trinajstić information content (AvgIpc) is 4.13. The molecule has 6 aromatic rings. The van der Waals surface area contributed by atoms with Gasteiger partial charge in [-0.15, -0.1) is 0 Å². The molecule has 61 heavy (non-hydrogen) atoms. The number of nitrogens with one attached hydrogen (secondary N) is 3. The highest BCUT2D eigenvalue weighted by Gasteiger charge is 2.40. The smallest absolute Gasteiger partial charge is 0.407 e. The molecule has 0 bridgehead atoms. The quantitative estimate of drug-likeness (QED) is 0.107. The van der Waals surface area contributed by atoms with E-state index in [2.05, 4.69) is 35.2 Å². The van der Waals surface area contributed by atoms with Crippen LogP contribution in [0.4, 0.5) is 14.0 Å². The van der Waals surface area contributed by atoms with Crippen molar-refractivity contribution in [2.24, 2.45) is 0 Å². The third-order valence-electron chi connectivity index (χ3n) is 11.2. The fourth-order valence-electron chi connectivity index (χ4n) is 8.12. The lowest BCUT2D eigenvalue weighted by Crippen LogP contribution is -2.43. The van der Waals surface area contributed by atoms with Crippen molar-refractivity contribution in [1.29, 1.82) is 0 Å². The Labute approximate surface area is 349 Å². The fraction of sp³-hybridized carbons (Fsp3) is 0.273. The number of methoxy groups -OCH3 is 1. The molecule has 3 aromatic heterocycles. The number of aromatic amines is 2. The van der Waals surface area contributed by atoms with Crippen LogP contribution in [0, 0.1) is 5.82 Å². The van der Waals surface area contributed by atoms with Crippen molar-refractivity contribution in [2.75, 3.05) is 27.2 Å². The van der Waals surface area contributed by atoms with Crippen LogP contribution in [0.1, 0.15) is 72.6 Å². The summed E-state index contributed by atoms with van der Waals surface area (Å²) < 4.78 is 20.6. The lowest BCUT2D eigenvalue weighted by Gasteiger charge is -2.32. The first-order valence-electron chi connectivity index (χ1n) is 19.8. The molecule has 0 radical (unpaired) electrons. The van der Waals surface area contributed by atoms with Gasteiger partial charge < -0.3 is 34.9 Å². The predicted molar refractivity (Wildman–Crippen MR) is 220 cm³/mol. The average molecular weight is 827 g/mol. The van der Waals surface area contributed by atoms with Crippen LogP contribution in [0.3, 0.4) is 0 Å². The molecular weight excluding hydrogens is 784 g/mol. The molecule has 17 heteroatoms. The van der Waals surface area contributed by atoms with Crippen molar-refractivity contribution < 1.29 is 33.4 Å². The van der Waals surface area contributed by atoms with Crippen LogP contribution in [-0.4, -0.2) is 101 Å². The number of hydrogen-bond acceptors (Lipinski definition) is 9. The van der Waals surface area contributed by atoms with Gasteiger partial charge in [0.25, 0.3) is 11.8 Å². The first kappa shape index (κ1) is 40.4. The van der Waals surface area contributed by atoms with Gasteiger partial charge in [0.05, 0.1) is 43.0 Å². The van der Waals surface area contributed by atoms with E-state index in [1.54, 1.807) is 89.1 Å². The number of halogens is 1. The number of carbonyl (C=O) groups excluding carboxylic acids is 3. The van der Waals surface area contributed by atoms with Crippen LogP contribution in [0.25, 0.3) is 33.9 Å². The first-order valence-corrected chi connectivity index (χ1v) is 19.8. The summed E-state index contributed by atoms with van der Waals surface area (Å²) in [5.74, 6) is 0.211. The molecule has 0 spiro atoms. The maximum atomic E-state index is 15.8. The third-order valence-corrected chi connectivity index (χ3v) is 11.2. The molecule has 4 atom stereocenters. The molecule has 0 saturated carbocycles. The SMILES string of the molecule is COC(=O)N[C@@H](C(=O)N1CCC[C@H]1c1ncc(-c2ccc(-c3ncc(-c4cnc([C@@H]5CCCN5C(=O)[C@@H](c5ccccc5)N(C)C(=O)O)[nH]4)cn3)cc2F)[nH]1)c1ccccc1. The van der Waals surface area contributed by atoms with E-state index in [1.807, 2.05) is 12.1 Å². The van der Waals surface area contributed by atoms with Crippen molar-refractivity contribution >= 4 is 24.0 Å². The molecule has 2 fully saturated rings. The summed E-state index contributed by atoms with van der Waals surface area (Å²) in [7, 11) is 2.63. The number of alkyl carbamates (subject to hydrolysis) is 1. The van der Waals surface area contributed by atoms with Gasteiger partial charge in [0.2, 0.25) is 0 Å². The number of carboxylic acid groups (broad SMARTS) is 1. The third kappa shape index (κ3) is 8.26. The zero-order valence-corrected chi connectivity index (χ0v) is 33.4. The lowest BCUT2D eigenvalue weighted by molar-refractivity contribution is -0.137. The maximum Gasteiger partial charge on any atom is 0.407 e. The largest absolute Gasteiger partial charge is 0.465 e. The van der Waals surface area contributed by atoms with Gasteiger partial charge in [-0.2, -0.15) is 0 Å². The van der Waals surface area contributed by atoms with Crippen LogP contribution >= 0.6 is 0 Å². The van der Waals surface area contributed by atoms with Crippen molar-refractivity contribution in [1.82, 2.24) is 49.9 Å². The van der Waals surface area contributed by atoms with E-state index in [0.29, 0.717) is 77.0 Å². The minimum Gasteiger partial charge on any atom is -0.465 e. The lowest BCUT2D eigenvalue weighted by atomic mass is 10.0. The Bertz CT molecular complexity index is 2530. The highest BCUT2D eigenvalue weighted by Crippen LogP contribution is 2.37. The topological polar surface area (TPSA) is 203 Å². The molecule has 312 valence electrons. The second-order valence-electron chi connectivity index (χ2n) is 14.9. The normalized spacial score (nSPS) is 17.2. The van der Waals surface area contributed by atoms with Gasteiger partial charge in [-0.3, -0.25) is 14.5 Å². The minimum absolute atomic E-state index is 0.277. The van der Waals surface area contributed by atoms with Gasteiger partial charge in [0, 0.05) is 49.2 Å². The Kier molecular flexibility index (Phi) is 11.5. The van der Waals surface area contributed by atoms with Crippen molar-refractivity contribution in [3.63, 3.8) is 0 Å². The number of imidazole rings is 2. The number of rotatable bonds is 11. The van der Waals surface area contributed by atoms with E-state index in [4.69, 9.17) is 4.74 Å². The summed E-state index contributed by atoms with van der Waals surface area (Å²) in [5.41, 5.74) is 3.61. The highest BCUT2D eigenvalue weighted by atomic mass is 19.1. The Morgan fingerprint density at radius 3 is 1.93 bits per heavy atom. The van der Waals surface area contributed by atoms with Crippen LogP contribution < -0.4 is 5.32 Å². The number of aromatic nitrogens is 6. The second kappa shape index (κ2) is 17.4. The van der Waals surface area contributed by atoms with Crippen LogP contribution in [-0.2, 0) is 14.3 Å². The number of likely N-dealkylation sites (N-methyl/N-ethyl adjacent to an activating group) is 1. The molecule has 2 aliphatic heterocycles. The zero-order chi connectivity index (χ0) is 42.6. The fourth-order valence-corrected chi connectivity index (χ4v) is 8.12. The molecule has 4 N–H and O–H groups in total. The highest BCUT2D eigenvalue weighted by molar-refractivity contribution is 5.88. The number of carbonyl (C=O) groups is 4. The molecule has 2 saturated heterocycles. The molecule has 3 aromatic carbocycles. The van der Waals surface area contributed by atoms with E-state index in [0.717, 1.165) is 17.7 Å². The summed E-state index contributed by atoms with van der Waals surface area (Å²) in [6.45, 7) is 0.914. The minimum atomic E-state index is -1.21. The number of likely N-dealkylation sites (tertiary alicyclic amines) is 2. The van der Waals surface area contributed by atoms with E-state index >= 15 is 4.39 Å². The monoisotopic (exact) mass is 826 g/mol. The van der Waals surface area contributed by atoms with E-state index in [-0.39, 0.29) is 23.4 Å². The number of ether oxygens (including phenoxy) is 1. The summed E-state index contributed by atoms with van der Waals surface area (Å²) in [6.07, 6.45) is 7.19. The van der Waals surface area contributed by atoms with Gasteiger partial charge in [-0.1, -0.05) is 66.7 Å². The summed E-state index contributed by atoms with van der Waals surface area (Å²) in [4.78, 5) is 81.1. The first-order chi connectivity index (χ1) is 29.6. The molecule has 2 aliphatic rings. The number of H-pyrrole nitrogens is 2. The van der Waals surface area contributed by atoms with E-state index in [1.165, 1.54) is 26.4 Å². The summed E-state index contributed by atoms with van der Waals surface area (Å²) >= 11 is 0. The summed E-state index contributed by atoms with van der Waals surface area (Å²) in [5, 5.41) is 12.4. The van der Waals surface area contributed by atoms with Gasteiger partial charge in [0.1, 0.15) is 29.5 Å². The van der Waals surface area contributed by atoms with Gasteiger partial charge in [-0.25, -0.2) is 33.9 Å². The Hall–Kier alpha value is -7.43. The predicted octanol–water partition coefficient (Wildman–Crippen LogP) is 6.84. The number of benzene rings is 3. The molecule has 4 amide bonds. The van der Waals surface area contributed by atoms with Gasteiger partial charge in [0.15, 0.2) is 5.82 Å². The maximum absolute atomic E-state index is 15.8. The molecule has 0 aliphatic carbocycles. The number of nitrogens with zero attached hydrogens (tertiary/aromatic N) is 7. The van der Waals surface area contributed by atoms with E-state index in [9.17, 15) is 24.3 Å². The number of hydrogen-bond donors (Lipinski definition) is 4. The Morgan fingerprint density at radius 2 is 1.34 bits per heavy atom. The molecular formula is C44H43FN10O6. The second-order valence-corrected chi connectivity index (χ2v) is 14.9. The number of amides is 4. The molecule has 5 heterocycles. The Morgan fingerprint density at radius 1 is 0.770 bits per heavy atom. The van der Waals surface area contributed by atoms with Crippen molar-refractivity contribution in [3.05, 3.63) is 132 Å². The molecule has 16 nitrogen and oxygen atoms in total. The van der Waals surface area contributed by atoms with Crippen molar-refractivity contribution in [2.45, 2.75) is 49.9 Å². The summed E-state index contributed by atoms with van der Waals surface area (Å²) in [6, 6.07) is 19.7. The van der Waals surface area contributed by atoms with Gasteiger partial charge >= 0.3 is 12.2 Å². The standard InChI is InChI=1S/C44H43FN10O6/c1-53(44(59)60)37(27-13-7-4-8-14-27)42(57)55-20-10-16-35(55)39-48-24-32(50-39)29-22-46-38(47-23-29)28-17-18-30(31(45)21-28)33-25-49-40(51-33)34-15-9-19-54(34)41(56)36(52-43(58)61-2)26-11-5-3-6-12-26/h3-8,11-14,17-18,21-25,34-37H,9-10,15-16,19-20H2,1-2H3,(H,48,50)(H,49,51)(H,52,58)(H,59,60)/t34-,35-,36+,37+/m0/s1. The zero-order valence-electron chi connectivity index (χ0n) is 33.4. The van der Waals surface area contributed by atoms with Crippen LogP contribution in [0.15, 0.2) is 104 Å². The van der Waals surface area contributed by atoms with E-state index < -0.39 is 36.1 Å². The van der Waals surface area contributed by atoms with Crippen molar-refractivity contribution in [3.8, 4) is 33.9 Å².